The molecule has 3 aromatic rings. The van der Waals surface area contributed by atoms with Crippen molar-refractivity contribution in [2.24, 2.45) is 0 Å². The zero-order valence-corrected chi connectivity index (χ0v) is 13.8. The van der Waals surface area contributed by atoms with Crippen LogP contribution < -0.4 is 9.47 Å². The van der Waals surface area contributed by atoms with E-state index < -0.39 is 10.9 Å². The van der Waals surface area contributed by atoms with Gasteiger partial charge in [0.15, 0.2) is 23.7 Å². The molecule has 0 aliphatic carbocycles. The van der Waals surface area contributed by atoms with Gasteiger partial charge in [-0.2, -0.15) is 0 Å². The van der Waals surface area contributed by atoms with Gasteiger partial charge >= 0.3 is 5.97 Å². The van der Waals surface area contributed by atoms with Crippen LogP contribution in [0, 0.1) is 10.1 Å². The molecule has 0 fully saturated rings. The Kier molecular flexibility index (Phi) is 4.17. The van der Waals surface area contributed by atoms with E-state index in [9.17, 15) is 14.9 Å². The normalized spacial score (nSPS) is 12.6. The van der Waals surface area contributed by atoms with Crippen LogP contribution in [-0.4, -0.2) is 22.7 Å². The van der Waals surface area contributed by atoms with Gasteiger partial charge in [0, 0.05) is 6.08 Å². The molecule has 0 saturated carbocycles. The highest BCUT2D eigenvalue weighted by atomic mass is 16.7. The average molecular weight is 368 g/mol. The number of nitro groups is 1. The fourth-order valence-corrected chi connectivity index (χ4v) is 2.56. The maximum atomic E-state index is 11.9. The summed E-state index contributed by atoms with van der Waals surface area (Å²) in [5.74, 6) is 0.230. The summed E-state index contributed by atoms with van der Waals surface area (Å²) in [6.45, 7) is -0.159. The summed E-state index contributed by atoms with van der Waals surface area (Å²) in [7, 11) is 0. The van der Waals surface area contributed by atoms with E-state index in [1.165, 1.54) is 18.2 Å². The molecule has 4 rings (SSSR count). The number of hydrogen-bond acceptors (Lipinski definition) is 8. The van der Waals surface area contributed by atoms with Gasteiger partial charge in [-0.3, -0.25) is 10.1 Å². The van der Waals surface area contributed by atoms with E-state index in [2.05, 4.69) is 4.98 Å². The molecule has 9 heteroatoms. The number of oxazole rings is 1. The van der Waals surface area contributed by atoms with Crippen LogP contribution in [0.3, 0.4) is 0 Å². The Bertz CT molecular complexity index is 1040. The second kappa shape index (κ2) is 6.79. The lowest BCUT2D eigenvalue weighted by Gasteiger charge is -2.01. The van der Waals surface area contributed by atoms with E-state index in [4.69, 9.17) is 18.6 Å². The second-order valence-electron chi connectivity index (χ2n) is 5.54. The molecule has 1 aliphatic heterocycles. The highest BCUT2D eigenvalue weighted by Gasteiger charge is 2.22. The summed E-state index contributed by atoms with van der Waals surface area (Å²) in [5, 5.41) is 11.2. The third-order valence-corrected chi connectivity index (χ3v) is 3.79. The average Bonchev–Trinajstić information content (AvgIpc) is 3.29. The smallest absolute Gasteiger partial charge is 0.331 e. The van der Waals surface area contributed by atoms with Gasteiger partial charge in [0.25, 0.3) is 5.69 Å². The number of carbonyl (C=O) groups is 1. The predicted molar refractivity (Wildman–Crippen MR) is 92.1 cm³/mol. The van der Waals surface area contributed by atoms with Gasteiger partial charge in [0.2, 0.25) is 12.7 Å². The molecule has 27 heavy (non-hydrogen) atoms. The Morgan fingerprint density at radius 1 is 1.26 bits per heavy atom. The largest absolute Gasteiger partial charge is 0.454 e. The van der Waals surface area contributed by atoms with Crippen LogP contribution in [0.1, 0.15) is 11.5 Å². The first kappa shape index (κ1) is 16.6. The molecule has 1 aliphatic rings. The third kappa shape index (κ3) is 3.43. The molecule has 0 spiro atoms. The van der Waals surface area contributed by atoms with Crippen molar-refractivity contribution in [3.05, 3.63) is 64.0 Å². The predicted octanol–water partition coefficient (Wildman–Crippen LogP) is 3.22. The molecular weight excluding hydrogens is 356 g/mol. The molecule has 0 N–H and O–H groups in total. The van der Waals surface area contributed by atoms with Crippen LogP contribution in [0.2, 0.25) is 0 Å². The van der Waals surface area contributed by atoms with E-state index in [-0.39, 0.29) is 36.3 Å². The van der Waals surface area contributed by atoms with Crippen molar-refractivity contribution in [2.45, 2.75) is 6.61 Å². The van der Waals surface area contributed by atoms with Gasteiger partial charge in [0.05, 0.1) is 16.6 Å². The maximum absolute atomic E-state index is 11.9. The number of benzene rings is 2. The number of rotatable bonds is 5. The van der Waals surface area contributed by atoms with E-state index >= 15 is 0 Å². The number of esters is 1. The van der Waals surface area contributed by atoms with Crippen molar-refractivity contribution in [1.29, 1.82) is 0 Å². The molecule has 0 bridgehead atoms. The zero-order valence-electron chi connectivity index (χ0n) is 13.8. The first-order valence-electron chi connectivity index (χ1n) is 7.87. The van der Waals surface area contributed by atoms with Crippen molar-refractivity contribution in [1.82, 2.24) is 4.98 Å². The summed E-state index contributed by atoms with van der Waals surface area (Å²) in [4.78, 5) is 26.7. The van der Waals surface area contributed by atoms with Crippen LogP contribution >= 0.6 is 0 Å². The quantitative estimate of drug-likeness (QED) is 0.292. The Balaban J connectivity index is 1.46. The maximum Gasteiger partial charge on any atom is 0.331 e. The van der Waals surface area contributed by atoms with Gasteiger partial charge in [0.1, 0.15) is 5.52 Å². The second-order valence-corrected chi connectivity index (χ2v) is 5.54. The number of para-hydroxylation sites is 2. The third-order valence-electron chi connectivity index (χ3n) is 3.79. The molecular formula is C18H12N2O7. The Morgan fingerprint density at radius 3 is 2.81 bits per heavy atom. The molecule has 0 atom stereocenters. The van der Waals surface area contributed by atoms with E-state index in [0.29, 0.717) is 16.8 Å². The highest BCUT2D eigenvalue weighted by Crippen LogP contribution is 2.38. The van der Waals surface area contributed by atoms with Crippen LogP contribution in [0.15, 0.2) is 46.9 Å². The monoisotopic (exact) mass is 368 g/mol. The van der Waals surface area contributed by atoms with Gasteiger partial charge in [-0.05, 0) is 24.3 Å². The van der Waals surface area contributed by atoms with Crippen molar-refractivity contribution in [2.75, 3.05) is 6.79 Å². The van der Waals surface area contributed by atoms with Crippen molar-refractivity contribution >= 4 is 28.8 Å². The highest BCUT2D eigenvalue weighted by molar-refractivity contribution is 5.88. The first-order valence-corrected chi connectivity index (χ1v) is 7.87. The molecule has 0 saturated heterocycles. The van der Waals surface area contributed by atoms with Gasteiger partial charge < -0.3 is 18.6 Å². The molecule has 1 aromatic heterocycles. The molecule has 0 unspecified atom stereocenters. The Labute approximate surface area is 151 Å². The lowest BCUT2D eigenvalue weighted by Crippen LogP contribution is -2.01. The van der Waals surface area contributed by atoms with Crippen LogP contribution in [0.25, 0.3) is 17.2 Å². The topological polar surface area (TPSA) is 114 Å². The first-order chi connectivity index (χ1) is 13.1. The minimum Gasteiger partial charge on any atom is -0.454 e. The van der Waals surface area contributed by atoms with E-state index in [0.717, 1.165) is 6.08 Å². The summed E-state index contributed by atoms with van der Waals surface area (Å²) < 4.78 is 20.8. The van der Waals surface area contributed by atoms with Crippen molar-refractivity contribution in [3.63, 3.8) is 0 Å². The summed E-state index contributed by atoms with van der Waals surface area (Å²) >= 11 is 0. The van der Waals surface area contributed by atoms with Crippen LogP contribution in [0.4, 0.5) is 5.69 Å². The Morgan fingerprint density at radius 2 is 2.04 bits per heavy atom. The van der Waals surface area contributed by atoms with Crippen molar-refractivity contribution in [3.8, 4) is 11.5 Å². The number of nitrogens with zero attached hydrogens (tertiary/aromatic N) is 2. The summed E-state index contributed by atoms with van der Waals surface area (Å²) in [6.07, 6.45) is 2.38. The zero-order chi connectivity index (χ0) is 18.8. The molecule has 0 radical (unpaired) electrons. The minimum atomic E-state index is -0.691. The molecule has 0 amide bonds. The Hall–Kier alpha value is -3.88. The fourth-order valence-electron chi connectivity index (χ4n) is 2.56. The van der Waals surface area contributed by atoms with Gasteiger partial charge in [-0.15, -0.1) is 0 Å². The summed E-state index contributed by atoms with van der Waals surface area (Å²) in [6, 6.07) is 9.86. The van der Waals surface area contributed by atoms with Crippen LogP contribution in [-0.2, 0) is 16.1 Å². The van der Waals surface area contributed by atoms with E-state index in [1.807, 2.05) is 12.1 Å². The number of aromatic nitrogens is 1. The molecule has 136 valence electrons. The van der Waals surface area contributed by atoms with E-state index in [1.54, 1.807) is 12.1 Å². The number of fused-ring (bicyclic) bond motifs is 2. The number of carbonyl (C=O) groups excluding carboxylic acids is 1. The molecule has 2 heterocycles. The van der Waals surface area contributed by atoms with Gasteiger partial charge in [-0.25, -0.2) is 9.78 Å². The molecule has 9 nitrogen and oxygen atoms in total. The summed E-state index contributed by atoms with van der Waals surface area (Å²) in [5.41, 5.74) is 1.25. The lowest BCUT2D eigenvalue weighted by molar-refractivity contribution is -0.385. The SMILES string of the molecule is O=C(/C=C/c1cc2c(cc1[N+](=O)[O-])OCO2)OCc1nc2ccccc2o1. The lowest BCUT2D eigenvalue weighted by atomic mass is 10.1. The fraction of sp³-hybridized carbons (Fsp3) is 0.111. The minimum absolute atomic E-state index is 0.00774. The van der Waals surface area contributed by atoms with Crippen LogP contribution in [0.5, 0.6) is 11.5 Å². The standard InChI is InChI=1S/C18H12N2O7/c21-18(24-9-17-19-12-3-1-2-4-14(12)27-17)6-5-11-7-15-16(26-10-25-15)8-13(11)20(22)23/h1-8H,9-10H2/b6-5+. The number of ether oxygens (including phenoxy) is 3. The molecule has 2 aromatic carbocycles. The van der Waals surface area contributed by atoms with Crippen molar-refractivity contribution < 1.29 is 28.3 Å². The number of nitro benzene ring substituents is 1. The number of hydrogen-bond donors (Lipinski definition) is 0. The van der Waals surface area contributed by atoms with Gasteiger partial charge in [-0.1, -0.05) is 12.1 Å².